The van der Waals surface area contributed by atoms with Crippen molar-refractivity contribution in [1.82, 2.24) is 9.80 Å². The van der Waals surface area contributed by atoms with Crippen molar-refractivity contribution < 1.29 is 14.3 Å². The fourth-order valence-corrected chi connectivity index (χ4v) is 5.79. The average molecular weight is 522 g/mol. The van der Waals surface area contributed by atoms with Gasteiger partial charge in [0, 0.05) is 56.6 Å². The Kier molecular flexibility index (Phi) is 9.95. The summed E-state index contributed by atoms with van der Waals surface area (Å²) < 4.78 is 11.5. The molecule has 2 aromatic rings. The molecular weight excluding hydrogens is 474 g/mol. The number of carbonyl (C=O) groups is 1. The second-order valence-electron chi connectivity index (χ2n) is 11.3. The third-order valence-electron chi connectivity index (χ3n) is 8.41. The Morgan fingerprint density at radius 1 is 1.03 bits per heavy atom. The second-order valence-corrected chi connectivity index (χ2v) is 11.3. The lowest BCUT2D eigenvalue weighted by molar-refractivity contribution is 0.0746. The molecule has 38 heavy (non-hydrogen) atoms. The molecular formula is C32H47N3O3. The van der Waals surface area contributed by atoms with E-state index in [9.17, 15) is 4.79 Å². The Morgan fingerprint density at radius 3 is 2.42 bits per heavy atom. The highest BCUT2D eigenvalue weighted by molar-refractivity contribution is 5.94. The zero-order chi connectivity index (χ0) is 27.1. The summed E-state index contributed by atoms with van der Waals surface area (Å²) in [4.78, 5) is 20.1. The van der Waals surface area contributed by atoms with Crippen LogP contribution in [0.5, 0.6) is 11.5 Å². The van der Waals surface area contributed by atoms with Gasteiger partial charge in [-0.3, -0.25) is 4.79 Å². The highest BCUT2D eigenvalue weighted by Gasteiger charge is 2.25. The summed E-state index contributed by atoms with van der Waals surface area (Å²) in [5.41, 5.74) is 3.00. The van der Waals surface area contributed by atoms with Gasteiger partial charge in [-0.1, -0.05) is 27.2 Å². The van der Waals surface area contributed by atoms with Gasteiger partial charge >= 0.3 is 0 Å². The number of ether oxygens (including phenoxy) is 2. The molecule has 2 saturated heterocycles. The normalized spacial score (nSPS) is 20.6. The van der Waals surface area contributed by atoms with Gasteiger partial charge in [0.15, 0.2) is 0 Å². The van der Waals surface area contributed by atoms with Gasteiger partial charge in [-0.2, -0.15) is 0 Å². The molecule has 2 aromatic carbocycles. The van der Waals surface area contributed by atoms with E-state index in [0.29, 0.717) is 25.0 Å². The lowest BCUT2D eigenvalue weighted by Crippen LogP contribution is -2.48. The first-order valence-electron chi connectivity index (χ1n) is 14.6. The van der Waals surface area contributed by atoms with Gasteiger partial charge < -0.3 is 24.2 Å². The molecule has 4 rings (SSSR count). The van der Waals surface area contributed by atoms with E-state index in [1.165, 1.54) is 31.5 Å². The first-order valence-corrected chi connectivity index (χ1v) is 14.6. The first kappa shape index (κ1) is 28.3. The van der Waals surface area contributed by atoms with Crippen molar-refractivity contribution in [2.75, 3.05) is 57.9 Å². The number of piperazine rings is 1. The number of benzene rings is 2. The van der Waals surface area contributed by atoms with Crippen LogP contribution in [0.15, 0.2) is 42.5 Å². The van der Waals surface area contributed by atoms with Crippen molar-refractivity contribution in [3.8, 4) is 11.5 Å². The molecule has 0 aliphatic carbocycles. The third-order valence-corrected chi connectivity index (χ3v) is 8.41. The van der Waals surface area contributed by atoms with Gasteiger partial charge in [0.05, 0.1) is 13.7 Å². The van der Waals surface area contributed by atoms with Crippen molar-refractivity contribution in [3.63, 3.8) is 0 Å². The van der Waals surface area contributed by atoms with Gasteiger partial charge in [-0.05, 0) is 86.1 Å². The van der Waals surface area contributed by atoms with Gasteiger partial charge in [-0.15, -0.1) is 0 Å². The zero-order valence-corrected chi connectivity index (χ0v) is 24.1. The minimum absolute atomic E-state index is 0.0992. The molecule has 2 aliphatic heterocycles. The number of hydrogen-bond donors (Lipinski definition) is 0. The molecule has 2 fully saturated rings. The molecule has 0 N–H and O–H groups in total. The Balaban J connectivity index is 1.22. The molecule has 2 atom stereocenters. The van der Waals surface area contributed by atoms with Crippen LogP contribution in [-0.2, 0) is 0 Å². The Hall–Kier alpha value is -2.73. The summed E-state index contributed by atoms with van der Waals surface area (Å²) in [5.74, 6) is 3.03. The quantitative estimate of drug-likeness (QED) is 0.356. The van der Waals surface area contributed by atoms with Crippen molar-refractivity contribution in [2.24, 2.45) is 5.92 Å². The number of likely N-dealkylation sites (tertiary alicyclic amines) is 1. The van der Waals surface area contributed by atoms with E-state index in [-0.39, 0.29) is 5.91 Å². The highest BCUT2D eigenvalue weighted by Crippen LogP contribution is 2.28. The molecule has 0 saturated carbocycles. The molecule has 2 unspecified atom stereocenters. The molecule has 6 heteroatoms. The van der Waals surface area contributed by atoms with Crippen LogP contribution in [0.4, 0.5) is 5.69 Å². The summed E-state index contributed by atoms with van der Waals surface area (Å²) in [6.45, 7) is 15.1. The van der Waals surface area contributed by atoms with E-state index < -0.39 is 0 Å². The summed E-state index contributed by atoms with van der Waals surface area (Å²) in [7, 11) is 1.68. The smallest absolute Gasteiger partial charge is 0.253 e. The minimum Gasteiger partial charge on any atom is -0.496 e. The van der Waals surface area contributed by atoms with Crippen LogP contribution in [0.1, 0.15) is 75.2 Å². The second kappa shape index (κ2) is 13.4. The highest BCUT2D eigenvalue weighted by atomic mass is 16.5. The topological polar surface area (TPSA) is 45.2 Å². The maximum atomic E-state index is 13.2. The molecule has 0 bridgehead atoms. The van der Waals surface area contributed by atoms with Crippen LogP contribution < -0.4 is 14.4 Å². The van der Waals surface area contributed by atoms with Gasteiger partial charge in [0.2, 0.25) is 0 Å². The Labute approximate surface area is 229 Å². The largest absolute Gasteiger partial charge is 0.496 e. The molecule has 0 spiro atoms. The SMILES string of the molecule is CCC1CCC(C)N(CCCOc2ccc(N3CCN(C(=O)c4ccc(OC)c(C(C)C)c4)CC3)cc2)C1. The molecule has 0 aromatic heterocycles. The molecule has 208 valence electrons. The van der Waals surface area contributed by atoms with Crippen molar-refractivity contribution in [1.29, 1.82) is 0 Å². The molecule has 2 aliphatic rings. The number of methoxy groups -OCH3 is 1. The Bertz CT molecular complexity index is 1030. The summed E-state index contributed by atoms with van der Waals surface area (Å²) in [6.07, 6.45) is 5.05. The summed E-state index contributed by atoms with van der Waals surface area (Å²) in [6, 6.07) is 14.9. The van der Waals surface area contributed by atoms with Crippen LogP contribution in [0.2, 0.25) is 0 Å². The predicted octanol–water partition coefficient (Wildman–Crippen LogP) is 6.06. The van der Waals surface area contributed by atoms with Crippen LogP contribution in [0.25, 0.3) is 0 Å². The predicted molar refractivity (Wildman–Crippen MR) is 156 cm³/mol. The van der Waals surface area contributed by atoms with Crippen LogP contribution >= 0.6 is 0 Å². The third kappa shape index (κ3) is 7.02. The summed E-state index contributed by atoms with van der Waals surface area (Å²) in [5, 5.41) is 0. The zero-order valence-electron chi connectivity index (χ0n) is 24.1. The number of hydrogen-bond acceptors (Lipinski definition) is 5. The molecule has 0 radical (unpaired) electrons. The van der Waals surface area contributed by atoms with Crippen molar-refractivity contribution in [3.05, 3.63) is 53.6 Å². The maximum absolute atomic E-state index is 13.2. The fraction of sp³-hybridized carbons (Fsp3) is 0.594. The number of piperidine rings is 1. The van der Waals surface area contributed by atoms with Crippen LogP contribution in [-0.4, -0.2) is 74.7 Å². The van der Waals surface area contributed by atoms with Crippen LogP contribution in [0.3, 0.4) is 0 Å². The lowest BCUT2D eigenvalue weighted by Gasteiger charge is -2.37. The first-order chi connectivity index (χ1) is 18.4. The fourth-order valence-electron chi connectivity index (χ4n) is 5.79. The van der Waals surface area contributed by atoms with E-state index in [1.54, 1.807) is 7.11 Å². The number of rotatable bonds is 10. The van der Waals surface area contributed by atoms with Crippen molar-refractivity contribution >= 4 is 11.6 Å². The standard InChI is InChI=1S/C32H47N3O3/c1-6-26-9-8-25(4)35(23-26)16-7-21-38-29-13-11-28(12-14-29)33-17-19-34(20-18-33)32(36)27-10-15-31(37-5)30(22-27)24(2)3/h10-15,22,24-26H,6-9,16-21,23H2,1-5H3. The van der Waals surface area contributed by atoms with E-state index >= 15 is 0 Å². The van der Waals surface area contributed by atoms with E-state index in [4.69, 9.17) is 9.47 Å². The summed E-state index contributed by atoms with van der Waals surface area (Å²) >= 11 is 0. The van der Waals surface area contributed by atoms with Gasteiger partial charge in [0.25, 0.3) is 5.91 Å². The number of nitrogens with zero attached hydrogens (tertiary/aromatic N) is 3. The van der Waals surface area contributed by atoms with Gasteiger partial charge in [0.1, 0.15) is 11.5 Å². The molecule has 1 amide bonds. The lowest BCUT2D eigenvalue weighted by atomic mass is 9.91. The van der Waals surface area contributed by atoms with E-state index in [1.807, 2.05) is 23.1 Å². The minimum atomic E-state index is 0.0992. The van der Waals surface area contributed by atoms with Crippen molar-refractivity contribution in [2.45, 2.75) is 65.3 Å². The number of amides is 1. The maximum Gasteiger partial charge on any atom is 0.253 e. The van der Waals surface area contributed by atoms with Gasteiger partial charge in [-0.25, -0.2) is 0 Å². The Morgan fingerprint density at radius 2 is 1.76 bits per heavy atom. The van der Waals surface area contributed by atoms with Crippen LogP contribution in [0, 0.1) is 5.92 Å². The molecule has 6 nitrogen and oxygen atoms in total. The molecule has 2 heterocycles. The van der Waals surface area contributed by atoms with E-state index in [0.717, 1.165) is 61.2 Å². The average Bonchev–Trinajstić information content (AvgIpc) is 2.95. The van der Waals surface area contributed by atoms with E-state index in [2.05, 4.69) is 61.8 Å². The monoisotopic (exact) mass is 521 g/mol. The number of carbonyl (C=O) groups excluding carboxylic acids is 1. The number of anilines is 1.